The molecule has 0 radical (unpaired) electrons. The van der Waals surface area contributed by atoms with Crippen LogP contribution in [0.2, 0.25) is 0 Å². The van der Waals surface area contributed by atoms with E-state index < -0.39 is 0 Å². The van der Waals surface area contributed by atoms with Crippen molar-refractivity contribution in [3.8, 4) is 5.75 Å². The lowest BCUT2D eigenvalue weighted by molar-refractivity contribution is 0.102. The van der Waals surface area contributed by atoms with E-state index in [1.54, 1.807) is 24.4 Å². The van der Waals surface area contributed by atoms with Crippen LogP contribution in [0.3, 0.4) is 0 Å². The van der Waals surface area contributed by atoms with Gasteiger partial charge in [-0.1, -0.05) is 23.5 Å². The molecule has 0 unspecified atom stereocenters. The van der Waals surface area contributed by atoms with Crippen LogP contribution in [-0.4, -0.2) is 18.0 Å². The molecule has 88 valence electrons. The summed E-state index contributed by atoms with van der Waals surface area (Å²) in [5.41, 5.74) is 0.487. The van der Waals surface area contributed by atoms with E-state index >= 15 is 0 Å². The fraction of sp³-hybridized carbons (Fsp3) is 0.0909. The van der Waals surface area contributed by atoms with Gasteiger partial charge in [-0.25, -0.2) is 4.98 Å². The molecule has 2 rings (SSSR count). The number of hydrogen-bond donors (Lipinski definition) is 1. The molecular formula is C11H9BrN2O2S. The van der Waals surface area contributed by atoms with Gasteiger partial charge in [0.05, 0.1) is 22.7 Å². The first kappa shape index (κ1) is 12.1. The average molecular weight is 313 g/mol. The van der Waals surface area contributed by atoms with Crippen molar-refractivity contribution in [2.75, 3.05) is 12.4 Å². The summed E-state index contributed by atoms with van der Waals surface area (Å²) in [4.78, 5) is 16.0. The highest BCUT2D eigenvalue weighted by Gasteiger charge is 2.12. The first-order chi connectivity index (χ1) is 8.20. The summed E-state index contributed by atoms with van der Waals surface area (Å²) >= 11 is 4.64. The molecule has 2 aromatic rings. The van der Waals surface area contributed by atoms with Gasteiger partial charge in [-0.05, 0) is 28.1 Å². The molecule has 1 aromatic heterocycles. The summed E-state index contributed by atoms with van der Waals surface area (Å²) in [6, 6.07) is 7.05. The smallest absolute Gasteiger partial charge is 0.261 e. The summed E-state index contributed by atoms with van der Waals surface area (Å²) in [5, 5.41) is 3.26. The quantitative estimate of drug-likeness (QED) is 0.947. The van der Waals surface area contributed by atoms with Gasteiger partial charge in [0.2, 0.25) is 0 Å². The lowest BCUT2D eigenvalue weighted by Gasteiger charge is -2.06. The van der Waals surface area contributed by atoms with Crippen LogP contribution in [-0.2, 0) is 0 Å². The van der Waals surface area contributed by atoms with E-state index in [4.69, 9.17) is 4.74 Å². The zero-order valence-corrected chi connectivity index (χ0v) is 11.3. The third-order valence-corrected chi connectivity index (χ3v) is 3.44. The highest BCUT2D eigenvalue weighted by Crippen LogP contribution is 2.25. The van der Waals surface area contributed by atoms with Crippen molar-refractivity contribution >= 4 is 38.3 Å². The maximum absolute atomic E-state index is 12.0. The van der Waals surface area contributed by atoms with Crippen LogP contribution in [0, 0.1) is 0 Å². The molecule has 1 N–H and O–H groups in total. The minimum Gasteiger partial charge on any atom is -0.496 e. The lowest BCUT2D eigenvalue weighted by Crippen LogP contribution is -2.12. The molecule has 0 saturated heterocycles. The average Bonchev–Trinajstić information content (AvgIpc) is 2.74. The predicted molar refractivity (Wildman–Crippen MR) is 70.8 cm³/mol. The maximum Gasteiger partial charge on any atom is 0.261 e. The third kappa shape index (κ3) is 2.83. The van der Waals surface area contributed by atoms with Crippen molar-refractivity contribution < 1.29 is 9.53 Å². The van der Waals surface area contributed by atoms with Gasteiger partial charge in [-0.2, -0.15) is 0 Å². The van der Waals surface area contributed by atoms with Crippen LogP contribution in [0.25, 0.3) is 0 Å². The van der Waals surface area contributed by atoms with Crippen molar-refractivity contribution in [2.24, 2.45) is 0 Å². The number of methoxy groups -OCH3 is 1. The molecule has 0 spiro atoms. The number of halogens is 1. The second-order valence-electron chi connectivity index (χ2n) is 3.12. The summed E-state index contributed by atoms with van der Waals surface area (Å²) in [5.74, 6) is 0.310. The number of ether oxygens (including phenoxy) is 1. The van der Waals surface area contributed by atoms with Crippen LogP contribution in [0.4, 0.5) is 5.13 Å². The number of nitrogens with one attached hydrogen (secondary N) is 1. The Morgan fingerprint density at radius 2 is 2.24 bits per heavy atom. The zero-order valence-electron chi connectivity index (χ0n) is 8.94. The van der Waals surface area contributed by atoms with E-state index in [0.29, 0.717) is 16.4 Å². The number of carbonyl (C=O) groups excluding carboxylic acids is 1. The molecule has 17 heavy (non-hydrogen) atoms. The Morgan fingerprint density at radius 3 is 2.88 bits per heavy atom. The highest BCUT2D eigenvalue weighted by molar-refractivity contribution is 9.11. The fourth-order valence-electron chi connectivity index (χ4n) is 1.31. The largest absolute Gasteiger partial charge is 0.496 e. The Labute approximate surface area is 111 Å². The molecule has 0 atom stereocenters. The number of anilines is 1. The van der Waals surface area contributed by atoms with Crippen LogP contribution < -0.4 is 10.1 Å². The van der Waals surface area contributed by atoms with E-state index in [9.17, 15) is 4.79 Å². The van der Waals surface area contributed by atoms with Gasteiger partial charge in [-0.15, -0.1) is 0 Å². The number of nitrogens with zero attached hydrogens (tertiary/aromatic N) is 1. The van der Waals surface area contributed by atoms with E-state index in [1.165, 1.54) is 18.4 Å². The van der Waals surface area contributed by atoms with Crippen LogP contribution in [0.15, 0.2) is 34.2 Å². The standard InChI is InChI=1S/C11H9BrN2O2S/c1-16-8-5-3-2-4-7(8)10(15)14-11-13-6-9(12)17-11/h2-6H,1H3,(H,13,14,15). The van der Waals surface area contributed by atoms with Gasteiger partial charge in [-0.3, -0.25) is 10.1 Å². The van der Waals surface area contributed by atoms with Crippen molar-refractivity contribution in [1.29, 1.82) is 0 Å². The maximum atomic E-state index is 12.0. The van der Waals surface area contributed by atoms with E-state index in [1.807, 2.05) is 6.07 Å². The Balaban J connectivity index is 2.20. The summed E-state index contributed by atoms with van der Waals surface area (Å²) in [6.07, 6.45) is 1.64. The first-order valence-electron chi connectivity index (χ1n) is 4.76. The molecule has 1 heterocycles. The Kier molecular flexibility index (Phi) is 3.75. The first-order valence-corrected chi connectivity index (χ1v) is 6.37. The predicted octanol–water partition coefficient (Wildman–Crippen LogP) is 3.17. The van der Waals surface area contributed by atoms with Gasteiger partial charge in [0.25, 0.3) is 5.91 Å². The van der Waals surface area contributed by atoms with Crippen molar-refractivity contribution in [3.05, 3.63) is 39.8 Å². The number of benzene rings is 1. The molecule has 0 saturated carbocycles. The van der Waals surface area contributed by atoms with Crippen LogP contribution in [0.1, 0.15) is 10.4 Å². The topological polar surface area (TPSA) is 51.2 Å². The summed E-state index contributed by atoms with van der Waals surface area (Å²) in [6.45, 7) is 0. The molecular weight excluding hydrogens is 304 g/mol. The van der Waals surface area contributed by atoms with E-state index in [2.05, 4.69) is 26.2 Å². The molecule has 0 aliphatic rings. The minimum atomic E-state index is -0.232. The molecule has 1 aromatic carbocycles. The monoisotopic (exact) mass is 312 g/mol. The number of para-hydroxylation sites is 1. The molecule has 0 aliphatic carbocycles. The number of aromatic nitrogens is 1. The summed E-state index contributed by atoms with van der Waals surface area (Å²) < 4.78 is 5.99. The number of amides is 1. The van der Waals surface area contributed by atoms with Crippen molar-refractivity contribution in [2.45, 2.75) is 0 Å². The minimum absolute atomic E-state index is 0.232. The molecule has 4 nitrogen and oxygen atoms in total. The van der Waals surface area contributed by atoms with E-state index in [0.717, 1.165) is 3.79 Å². The number of thiazole rings is 1. The Hall–Kier alpha value is -1.40. The number of rotatable bonds is 3. The lowest BCUT2D eigenvalue weighted by atomic mass is 10.2. The van der Waals surface area contributed by atoms with Gasteiger partial charge in [0, 0.05) is 0 Å². The van der Waals surface area contributed by atoms with Gasteiger partial charge in [0.1, 0.15) is 5.75 Å². The van der Waals surface area contributed by atoms with Gasteiger partial charge >= 0.3 is 0 Å². The van der Waals surface area contributed by atoms with Gasteiger partial charge < -0.3 is 4.74 Å². The van der Waals surface area contributed by atoms with Crippen LogP contribution in [0.5, 0.6) is 5.75 Å². The normalized spacial score (nSPS) is 10.0. The SMILES string of the molecule is COc1ccccc1C(=O)Nc1ncc(Br)s1. The molecule has 0 fully saturated rings. The molecule has 0 aliphatic heterocycles. The van der Waals surface area contributed by atoms with E-state index in [-0.39, 0.29) is 5.91 Å². The summed E-state index contributed by atoms with van der Waals surface area (Å²) in [7, 11) is 1.53. The number of hydrogen-bond acceptors (Lipinski definition) is 4. The van der Waals surface area contributed by atoms with Crippen molar-refractivity contribution in [3.63, 3.8) is 0 Å². The zero-order chi connectivity index (χ0) is 12.3. The Bertz CT molecular complexity index is 542. The third-order valence-electron chi connectivity index (χ3n) is 2.05. The van der Waals surface area contributed by atoms with Crippen LogP contribution >= 0.6 is 27.3 Å². The molecule has 0 bridgehead atoms. The molecule has 6 heteroatoms. The second-order valence-corrected chi connectivity index (χ2v) is 5.53. The number of carbonyl (C=O) groups is 1. The Morgan fingerprint density at radius 1 is 1.47 bits per heavy atom. The van der Waals surface area contributed by atoms with Crippen molar-refractivity contribution in [1.82, 2.24) is 4.98 Å². The fourth-order valence-corrected chi connectivity index (χ4v) is 2.41. The molecule has 1 amide bonds. The second kappa shape index (κ2) is 5.29. The van der Waals surface area contributed by atoms with Gasteiger partial charge in [0.15, 0.2) is 5.13 Å². The highest BCUT2D eigenvalue weighted by atomic mass is 79.9.